The van der Waals surface area contributed by atoms with E-state index in [9.17, 15) is 14.7 Å². The summed E-state index contributed by atoms with van der Waals surface area (Å²) in [6, 6.07) is -0.0410. The number of carboxylic acid groups (broad SMARTS) is 1. The second-order valence-corrected chi connectivity index (χ2v) is 3.41. The molecule has 0 aromatic carbocycles. The first-order valence-electron chi connectivity index (χ1n) is 5.14. The van der Waals surface area contributed by atoms with Crippen molar-refractivity contribution in [3.05, 3.63) is 0 Å². The Morgan fingerprint density at radius 2 is 1.82 bits per heavy atom. The van der Waals surface area contributed by atoms with Gasteiger partial charge >= 0.3 is 29.6 Å². The van der Waals surface area contributed by atoms with Gasteiger partial charge < -0.3 is 24.7 Å². The number of carbonyl (C=O) groups is 2. The van der Waals surface area contributed by atoms with Gasteiger partial charge in [-0.25, -0.2) is 0 Å². The second-order valence-electron chi connectivity index (χ2n) is 3.41. The summed E-state index contributed by atoms with van der Waals surface area (Å²) in [5.41, 5.74) is 0. The minimum atomic E-state index is -1.12. The fourth-order valence-electron chi connectivity index (χ4n) is 1.02. The smallest absolute Gasteiger partial charge is 0.550 e. The summed E-state index contributed by atoms with van der Waals surface area (Å²) in [6.07, 6.45) is -0.109. The van der Waals surface area contributed by atoms with Crippen LogP contribution in [0.5, 0.6) is 0 Å². The van der Waals surface area contributed by atoms with Crippen LogP contribution in [-0.4, -0.2) is 44.3 Å². The molecule has 0 aromatic heterocycles. The van der Waals surface area contributed by atoms with Crippen molar-refractivity contribution in [2.45, 2.75) is 26.3 Å². The van der Waals surface area contributed by atoms with Crippen LogP contribution in [0.1, 0.15) is 20.3 Å². The third kappa shape index (κ3) is 15.9. The van der Waals surface area contributed by atoms with E-state index in [4.69, 9.17) is 9.47 Å². The summed E-state index contributed by atoms with van der Waals surface area (Å²) in [4.78, 5) is 20.7. The first kappa shape index (κ1) is 19.2. The van der Waals surface area contributed by atoms with Crippen LogP contribution in [0.3, 0.4) is 0 Å². The Bertz CT molecular complexity index is 225. The van der Waals surface area contributed by atoms with E-state index < -0.39 is 5.97 Å². The van der Waals surface area contributed by atoms with Crippen molar-refractivity contribution in [1.29, 1.82) is 0 Å². The molecule has 0 aliphatic rings. The van der Waals surface area contributed by atoms with Gasteiger partial charge in [0.1, 0.15) is 0 Å². The molecule has 7 heteroatoms. The summed E-state index contributed by atoms with van der Waals surface area (Å²) in [7, 11) is 0. The number of hydrogen-bond donors (Lipinski definition) is 1. The van der Waals surface area contributed by atoms with Crippen molar-refractivity contribution < 1.29 is 53.7 Å². The molecule has 0 bridgehead atoms. The zero-order valence-corrected chi connectivity index (χ0v) is 12.7. The number of carbonyl (C=O) groups excluding carboxylic acids is 2. The van der Waals surface area contributed by atoms with E-state index in [-0.39, 0.29) is 54.5 Å². The largest absolute Gasteiger partial charge is 1.00 e. The van der Waals surface area contributed by atoms with E-state index in [2.05, 4.69) is 5.32 Å². The van der Waals surface area contributed by atoms with Gasteiger partial charge in [-0.2, -0.15) is 0 Å². The molecule has 0 aliphatic carbocycles. The van der Waals surface area contributed by atoms with Crippen LogP contribution in [-0.2, 0) is 19.1 Å². The van der Waals surface area contributed by atoms with Crippen molar-refractivity contribution in [3.8, 4) is 0 Å². The SMILES string of the molecule is CC(=O)NC(C)COCCOCCC(=O)[O-].[Na+]. The van der Waals surface area contributed by atoms with Gasteiger partial charge in [0.2, 0.25) is 5.91 Å². The normalized spacial score (nSPS) is 11.4. The van der Waals surface area contributed by atoms with E-state index in [1.807, 2.05) is 6.92 Å². The molecule has 0 rings (SSSR count). The molecule has 0 aromatic rings. The molecular formula is C10H18NNaO5. The third-order valence-electron chi connectivity index (χ3n) is 1.64. The van der Waals surface area contributed by atoms with Crippen molar-refractivity contribution >= 4 is 11.9 Å². The van der Waals surface area contributed by atoms with Crippen molar-refractivity contribution in [2.24, 2.45) is 0 Å². The molecule has 6 nitrogen and oxygen atoms in total. The van der Waals surface area contributed by atoms with Gasteiger partial charge in [0.15, 0.2) is 0 Å². The molecule has 0 radical (unpaired) electrons. The quantitative estimate of drug-likeness (QED) is 0.332. The molecule has 0 spiro atoms. The maximum absolute atomic E-state index is 10.6. The molecule has 94 valence electrons. The van der Waals surface area contributed by atoms with Crippen LogP contribution in [0, 0.1) is 0 Å². The van der Waals surface area contributed by atoms with E-state index in [0.29, 0.717) is 19.8 Å². The summed E-state index contributed by atoms with van der Waals surface area (Å²) >= 11 is 0. The molecule has 0 heterocycles. The summed E-state index contributed by atoms with van der Waals surface area (Å²) < 4.78 is 10.2. The van der Waals surface area contributed by atoms with Crippen LogP contribution >= 0.6 is 0 Å². The molecule has 1 atom stereocenters. The Morgan fingerprint density at radius 1 is 1.24 bits per heavy atom. The number of amides is 1. The Balaban J connectivity index is 0. The standard InChI is InChI=1S/C10H19NO5.Na/c1-8(11-9(2)12)7-16-6-5-15-4-3-10(13)14;/h8H,3-7H2,1-2H3,(H,11,12)(H,13,14);/q;+1/p-1. The first-order chi connectivity index (χ1) is 7.52. The predicted octanol–water partition coefficient (Wildman–Crippen LogP) is -4.31. The van der Waals surface area contributed by atoms with Gasteiger partial charge in [-0.05, 0) is 6.92 Å². The van der Waals surface area contributed by atoms with E-state index in [1.165, 1.54) is 6.92 Å². The summed E-state index contributed by atoms with van der Waals surface area (Å²) in [6.45, 7) is 4.52. The van der Waals surface area contributed by atoms with Crippen molar-refractivity contribution in [1.82, 2.24) is 5.32 Å². The molecule has 1 N–H and O–H groups in total. The number of carboxylic acids is 1. The average Bonchev–Trinajstić information content (AvgIpc) is 2.14. The maximum atomic E-state index is 10.6. The molecule has 17 heavy (non-hydrogen) atoms. The maximum Gasteiger partial charge on any atom is 1.00 e. The number of ether oxygens (including phenoxy) is 2. The van der Waals surface area contributed by atoms with Gasteiger partial charge in [-0.3, -0.25) is 4.79 Å². The monoisotopic (exact) mass is 255 g/mol. The number of hydrogen-bond acceptors (Lipinski definition) is 5. The molecule has 0 aliphatic heterocycles. The molecule has 1 amide bonds. The molecule has 1 unspecified atom stereocenters. The number of aliphatic carboxylic acids is 1. The van der Waals surface area contributed by atoms with Gasteiger partial charge in [-0.1, -0.05) is 0 Å². The molecule has 0 saturated heterocycles. The minimum absolute atomic E-state index is 0. The molecule has 0 fully saturated rings. The summed E-state index contributed by atoms with van der Waals surface area (Å²) in [5.74, 6) is -1.22. The van der Waals surface area contributed by atoms with Crippen LogP contribution in [0.15, 0.2) is 0 Å². The first-order valence-corrected chi connectivity index (χ1v) is 5.14. The fraction of sp³-hybridized carbons (Fsp3) is 0.800. The zero-order valence-electron chi connectivity index (χ0n) is 10.7. The van der Waals surface area contributed by atoms with Crippen LogP contribution < -0.4 is 40.0 Å². The van der Waals surface area contributed by atoms with Crippen molar-refractivity contribution in [3.63, 3.8) is 0 Å². The van der Waals surface area contributed by atoms with E-state index >= 15 is 0 Å². The zero-order chi connectivity index (χ0) is 12.4. The Hall–Kier alpha value is -0.140. The predicted molar refractivity (Wildman–Crippen MR) is 54.5 cm³/mol. The van der Waals surface area contributed by atoms with Gasteiger partial charge in [0.25, 0.3) is 0 Å². The number of rotatable bonds is 9. The second kappa shape index (κ2) is 12.3. The van der Waals surface area contributed by atoms with Crippen LogP contribution in [0.2, 0.25) is 0 Å². The Labute approximate surface area is 123 Å². The van der Waals surface area contributed by atoms with Crippen molar-refractivity contribution in [2.75, 3.05) is 26.4 Å². The average molecular weight is 255 g/mol. The number of nitrogens with one attached hydrogen (secondary N) is 1. The molecular weight excluding hydrogens is 237 g/mol. The third-order valence-corrected chi connectivity index (χ3v) is 1.64. The van der Waals surface area contributed by atoms with Crippen LogP contribution in [0.25, 0.3) is 0 Å². The topological polar surface area (TPSA) is 87.7 Å². The van der Waals surface area contributed by atoms with E-state index in [0.717, 1.165) is 0 Å². The van der Waals surface area contributed by atoms with E-state index in [1.54, 1.807) is 0 Å². The Kier molecular flexibility index (Phi) is 13.9. The van der Waals surface area contributed by atoms with Crippen LogP contribution in [0.4, 0.5) is 0 Å². The Morgan fingerprint density at radius 3 is 2.35 bits per heavy atom. The van der Waals surface area contributed by atoms with Gasteiger partial charge in [0, 0.05) is 25.4 Å². The van der Waals surface area contributed by atoms with Gasteiger partial charge in [-0.15, -0.1) is 0 Å². The van der Waals surface area contributed by atoms with Gasteiger partial charge in [0.05, 0.1) is 26.4 Å². The summed E-state index contributed by atoms with van der Waals surface area (Å²) in [5, 5.41) is 12.7. The minimum Gasteiger partial charge on any atom is -0.550 e. The fourth-order valence-corrected chi connectivity index (χ4v) is 1.02. The molecule has 0 saturated carbocycles.